The lowest BCUT2D eigenvalue weighted by Crippen LogP contribution is -2.55. The molecule has 1 aromatic rings. The van der Waals surface area contributed by atoms with Crippen LogP contribution in [0.25, 0.3) is 0 Å². The fourth-order valence-electron chi connectivity index (χ4n) is 3.34. The van der Waals surface area contributed by atoms with Crippen LogP contribution in [0.15, 0.2) is 44.2 Å². The molecule has 0 bridgehead atoms. The number of hydrogen-bond acceptors (Lipinski definition) is 5. The third-order valence-electron chi connectivity index (χ3n) is 4.31. The molecule has 0 aromatic heterocycles. The van der Waals surface area contributed by atoms with Crippen molar-refractivity contribution in [2.24, 2.45) is 25.7 Å². The summed E-state index contributed by atoms with van der Waals surface area (Å²) >= 11 is 0. The molecule has 0 fully saturated rings. The number of hydrogen-bond donors (Lipinski definition) is 1. The van der Waals surface area contributed by atoms with Crippen LogP contribution in [0.5, 0.6) is 0 Å². The Balaban J connectivity index is 1.83. The molecule has 0 amide bonds. The van der Waals surface area contributed by atoms with Gasteiger partial charge >= 0.3 is 0 Å². The van der Waals surface area contributed by atoms with Gasteiger partial charge in [-0.2, -0.15) is 0 Å². The zero-order valence-corrected chi connectivity index (χ0v) is 11.0. The third-order valence-corrected chi connectivity index (χ3v) is 4.31. The summed E-state index contributed by atoms with van der Waals surface area (Å²) in [6.07, 6.45) is 6.28. The van der Waals surface area contributed by atoms with Gasteiger partial charge in [-0.3, -0.25) is 0 Å². The van der Waals surface area contributed by atoms with Crippen molar-refractivity contribution < 1.29 is 0 Å². The van der Waals surface area contributed by atoms with Crippen molar-refractivity contribution in [2.45, 2.75) is 30.8 Å². The van der Waals surface area contributed by atoms with Gasteiger partial charge < -0.3 is 5.73 Å². The SMILES string of the molecule is NC1(C2CCCc3ccccc32)N=CN=C2N=CN=C21. The summed E-state index contributed by atoms with van der Waals surface area (Å²) in [6.45, 7) is 0. The molecule has 5 heteroatoms. The van der Waals surface area contributed by atoms with Crippen LogP contribution in [0.1, 0.15) is 29.9 Å². The molecule has 20 heavy (non-hydrogen) atoms. The van der Waals surface area contributed by atoms with E-state index < -0.39 is 5.66 Å². The second-order valence-corrected chi connectivity index (χ2v) is 5.39. The fourth-order valence-corrected chi connectivity index (χ4v) is 3.34. The van der Waals surface area contributed by atoms with E-state index in [9.17, 15) is 0 Å². The zero-order valence-electron chi connectivity index (χ0n) is 11.0. The molecule has 1 aliphatic carbocycles. The highest BCUT2D eigenvalue weighted by molar-refractivity contribution is 6.50. The Morgan fingerprint density at radius 2 is 2.05 bits per heavy atom. The van der Waals surface area contributed by atoms with Crippen LogP contribution in [0.4, 0.5) is 0 Å². The lowest BCUT2D eigenvalue weighted by Gasteiger charge is -2.38. The largest absolute Gasteiger partial charge is 0.301 e. The molecule has 3 aliphatic rings. The van der Waals surface area contributed by atoms with Gasteiger partial charge in [0.25, 0.3) is 0 Å². The summed E-state index contributed by atoms with van der Waals surface area (Å²) in [5, 5.41) is 0. The highest BCUT2D eigenvalue weighted by Crippen LogP contribution is 2.40. The van der Waals surface area contributed by atoms with E-state index in [-0.39, 0.29) is 5.92 Å². The summed E-state index contributed by atoms with van der Waals surface area (Å²) in [5.41, 5.74) is 9.15. The van der Waals surface area contributed by atoms with Gasteiger partial charge in [0, 0.05) is 5.92 Å². The van der Waals surface area contributed by atoms with E-state index in [0.717, 1.165) is 19.3 Å². The first-order chi connectivity index (χ1) is 9.79. The molecule has 2 aliphatic heterocycles. The Morgan fingerprint density at radius 3 is 3.00 bits per heavy atom. The molecule has 2 heterocycles. The molecule has 2 N–H and O–H groups in total. The summed E-state index contributed by atoms with van der Waals surface area (Å²) in [6, 6.07) is 8.48. The van der Waals surface area contributed by atoms with Crippen LogP contribution >= 0.6 is 0 Å². The highest BCUT2D eigenvalue weighted by atomic mass is 15.2. The number of rotatable bonds is 1. The van der Waals surface area contributed by atoms with Gasteiger partial charge in [-0.1, -0.05) is 24.3 Å². The maximum atomic E-state index is 6.64. The summed E-state index contributed by atoms with van der Waals surface area (Å²) in [5.74, 6) is 0.736. The van der Waals surface area contributed by atoms with Crippen LogP contribution in [-0.4, -0.2) is 29.9 Å². The first-order valence-corrected chi connectivity index (χ1v) is 6.88. The number of benzene rings is 1. The molecule has 0 spiro atoms. The highest BCUT2D eigenvalue weighted by Gasteiger charge is 2.46. The molecule has 5 nitrogen and oxygen atoms in total. The second-order valence-electron chi connectivity index (χ2n) is 5.39. The van der Waals surface area contributed by atoms with Gasteiger partial charge in [0.1, 0.15) is 18.4 Å². The molecule has 0 saturated heterocycles. The zero-order chi connectivity index (χ0) is 13.6. The number of fused-ring (bicyclic) bond motifs is 2. The van der Waals surface area contributed by atoms with Crippen molar-refractivity contribution in [2.75, 3.05) is 0 Å². The molecular formula is C15H15N5. The minimum Gasteiger partial charge on any atom is -0.301 e. The number of amidine groups is 1. The normalized spacial score (nSPS) is 30.6. The molecule has 2 unspecified atom stereocenters. The predicted molar refractivity (Wildman–Crippen MR) is 80.9 cm³/mol. The molecule has 2 atom stereocenters. The van der Waals surface area contributed by atoms with Gasteiger partial charge in [-0.25, -0.2) is 20.0 Å². The van der Waals surface area contributed by atoms with Crippen LogP contribution in [0.2, 0.25) is 0 Å². The van der Waals surface area contributed by atoms with Gasteiger partial charge in [0.2, 0.25) is 0 Å². The Bertz CT molecular complexity index is 685. The Hall–Kier alpha value is -2.14. The second kappa shape index (κ2) is 4.18. The van der Waals surface area contributed by atoms with Gasteiger partial charge in [0.05, 0.1) is 0 Å². The van der Waals surface area contributed by atoms with Crippen molar-refractivity contribution in [1.29, 1.82) is 0 Å². The van der Waals surface area contributed by atoms with E-state index in [4.69, 9.17) is 5.73 Å². The minimum atomic E-state index is -0.843. The summed E-state index contributed by atoms with van der Waals surface area (Å²) < 4.78 is 0. The number of aryl methyl sites for hydroxylation is 1. The van der Waals surface area contributed by atoms with Gasteiger partial charge in [0.15, 0.2) is 11.5 Å². The average Bonchev–Trinajstić information content (AvgIpc) is 2.97. The van der Waals surface area contributed by atoms with E-state index >= 15 is 0 Å². The van der Waals surface area contributed by atoms with Crippen LogP contribution in [0, 0.1) is 0 Å². The van der Waals surface area contributed by atoms with Crippen molar-refractivity contribution >= 4 is 24.2 Å². The third kappa shape index (κ3) is 1.53. The van der Waals surface area contributed by atoms with E-state index in [1.807, 2.05) is 0 Å². The van der Waals surface area contributed by atoms with Crippen molar-refractivity contribution in [3.8, 4) is 0 Å². The molecular weight excluding hydrogens is 250 g/mol. The van der Waals surface area contributed by atoms with E-state index in [2.05, 4.69) is 44.2 Å². The van der Waals surface area contributed by atoms with Crippen LogP contribution in [-0.2, 0) is 6.42 Å². The molecule has 100 valence electrons. The topological polar surface area (TPSA) is 75.5 Å². The smallest absolute Gasteiger partial charge is 0.180 e. The lowest BCUT2D eigenvalue weighted by molar-refractivity contribution is 0.417. The molecule has 1 aromatic carbocycles. The van der Waals surface area contributed by atoms with E-state index in [1.165, 1.54) is 23.8 Å². The van der Waals surface area contributed by atoms with E-state index in [0.29, 0.717) is 11.5 Å². The molecule has 0 radical (unpaired) electrons. The van der Waals surface area contributed by atoms with Gasteiger partial charge in [-0.15, -0.1) is 0 Å². The number of nitrogens with zero attached hydrogens (tertiary/aromatic N) is 4. The first-order valence-electron chi connectivity index (χ1n) is 6.88. The first kappa shape index (κ1) is 11.7. The van der Waals surface area contributed by atoms with E-state index in [1.54, 1.807) is 0 Å². The van der Waals surface area contributed by atoms with Crippen LogP contribution < -0.4 is 5.73 Å². The van der Waals surface area contributed by atoms with Crippen molar-refractivity contribution in [1.82, 2.24) is 0 Å². The number of aliphatic imine (C=N–C) groups is 4. The lowest BCUT2D eigenvalue weighted by atomic mass is 9.74. The fraction of sp³-hybridized carbons (Fsp3) is 0.333. The number of nitrogens with two attached hydrogens (primary N) is 1. The minimum absolute atomic E-state index is 0.134. The predicted octanol–water partition coefficient (Wildman–Crippen LogP) is 1.68. The van der Waals surface area contributed by atoms with Crippen molar-refractivity contribution in [3.63, 3.8) is 0 Å². The quantitative estimate of drug-likeness (QED) is 0.824. The summed E-state index contributed by atoms with van der Waals surface area (Å²) in [7, 11) is 0. The Kier molecular flexibility index (Phi) is 2.44. The summed E-state index contributed by atoms with van der Waals surface area (Å²) in [4.78, 5) is 17.1. The molecule has 0 saturated carbocycles. The maximum absolute atomic E-state index is 6.64. The Labute approximate surface area is 117 Å². The molecule has 4 rings (SSSR count). The standard InChI is InChI=1S/C15H15N5/c16-15(13-14(18-8-17-13)19-9-20-15)12-7-3-5-10-4-1-2-6-11(10)12/h1-2,4,6,8-9,12H,3,5,7,16H2. The monoisotopic (exact) mass is 265 g/mol. The average molecular weight is 265 g/mol. The maximum Gasteiger partial charge on any atom is 0.180 e. The van der Waals surface area contributed by atoms with Crippen molar-refractivity contribution in [3.05, 3.63) is 35.4 Å². The Morgan fingerprint density at radius 1 is 1.15 bits per heavy atom. The van der Waals surface area contributed by atoms with Gasteiger partial charge in [-0.05, 0) is 30.4 Å². The van der Waals surface area contributed by atoms with Crippen LogP contribution in [0.3, 0.4) is 0 Å².